The molecule has 0 radical (unpaired) electrons. The van der Waals surface area contributed by atoms with E-state index in [0.717, 1.165) is 5.69 Å². The Balaban J connectivity index is 2.77. The van der Waals surface area contributed by atoms with Crippen molar-refractivity contribution in [2.45, 2.75) is 11.8 Å². The largest absolute Gasteiger partial charge is 0.388 e. The molecule has 0 heterocycles. The molecule has 0 aliphatic rings. The van der Waals surface area contributed by atoms with Crippen LogP contribution in [0.15, 0.2) is 29.2 Å². The molecular weight excluding hydrogens is 252 g/mol. The van der Waals surface area contributed by atoms with Crippen LogP contribution in [-0.4, -0.2) is 46.6 Å². The molecule has 1 rings (SSSR count). The Morgan fingerprint density at radius 3 is 2.39 bits per heavy atom. The Kier molecular flexibility index (Phi) is 5.58. The van der Waals surface area contributed by atoms with Crippen LogP contribution in [0.4, 0.5) is 5.69 Å². The first-order chi connectivity index (χ1) is 8.52. The first kappa shape index (κ1) is 14.9. The number of likely N-dealkylation sites (N-methyl/N-ethyl adjacent to an activating group) is 1. The van der Waals surface area contributed by atoms with Crippen molar-refractivity contribution in [2.24, 2.45) is 0 Å². The lowest BCUT2D eigenvalue weighted by molar-refractivity contribution is 0.138. The molecule has 0 aliphatic carbocycles. The summed E-state index contributed by atoms with van der Waals surface area (Å²) in [7, 11) is -0.0736. The molecule has 6 heteroatoms. The van der Waals surface area contributed by atoms with Gasteiger partial charge in [-0.1, -0.05) is 0 Å². The topological polar surface area (TPSA) is 58.6 Å². The molecule has 102 valence electrons. The molecule has 18 heavy (non-hydrogen) atoms. The number of nitrogens with zero attached hydrogens (tertiary/aromatic N) is 1. The van der Waals surface area contributed by atoms with Crippen molar-refractivity contribution in [3.63, 3.8) is 0 Å². The van der Waals surface area contributed by atoms with Crippen molar-refractivity contribution in [1.82, 2.24) is 4.31 Å². The van der Waals surface area contributed by atoms with Gasteiger partial charge in [0.1, 0.15) is 0 Å². The van der Waals surface area contributed by atoms with Gasteiger partial charge in [0.05, 0.1) is 11.5 Å². The summed E-state index contributed by atoms with van der Waals surface area (Å²) in [5.74, 6) is 0. The predicted octanol–water partition coefficient (Wildman–Crippen LogP) is 1.39. The number of rotatable bonds is 7. The second-order valence-corrected chi connectivity index (χ2v) is 5.84. The quantitative estimate of drug-likeness (QED) is 0.762. The van der Waals surface area contributed by atoms with Crippen LogP contribution in [-0.2, 0) is 14.8 Å². The maximum atomic E-state index is 12.2. The summed E-state index contributed by atoms with van der Waals surface area (Å²) >= 11 is 0. The minimum absolute atomic E-state index is 0.292. The van der Waals surface area contributed by atoms with Crippen molar-refractivity contribution in [1.29, 1.82) is 0 Å². The minimum atomic E-state index is -3.42. The van der Waals surface area contributed by atoms with Crippen LogP contribution >= 0.6 is 0 Å². The van der Waals surface area contributed by atoms with E-state index in [1.54, 1.807) is 38.4 Å². The highest BCUT2D eigenvalue weighted by molar-refractivity contribution is 7.89. The lowest BCUT2D eigenvalue weighted by atomic mass is 10.3. The van der Waals surface area contributed by atoms with Gasteiger partial charge in [0.15, 0.2) is 0 Å². The van der Waals surface area contributed by atoms with E-state index < -0.39 is 10.0 Å². The van der Waals surface area contributed by atoms with Gasteiger partial charge in [-0.2, -0.15) is 4.31 Å². The van der Waals surface area contributed by atoms with Crippen LogP contribution in [0.5, 0.6) is 0 Å². The number of nitrogens with one attached hydrogen (secondary N) is 1. The van der Waals surface area contributed by atoms with Crippen molar-refractivity contribution < 1.29 is 13.2 Å². The second-order valence-electron chi connectivity index (χ2n) is 3.80. The number of anilines is 1. The van der Waals surface area contributed by atoms with Crippen molar-refractivity contribution >= 4 is 15.7 Å². The zero-order valence-electron chi connectivity index (χ0n) is 11.0. The van der Waals surface area contributed by atoms with Crippen LogP contribution < -0.4 is 5.32 Å². The zero-order valence-corrected chi connectivity index (χ0v) is 11.8. The van der Waals surface area contributed by atoms with Crippen molar-refractivity contribution in [3.05, 3.63) is 24.3 Å². The van der Waals surface area contributed by atoms with Gasteiger partial charge < -0.3 is 10.1 Å². The standard InChI is InChI=1S/C12H20N2O3S/c1-4-17-10-9-14(3)18(15,16)12-7-5-11(13-2)6-8-12/h5-8,13H,4,9-10H2,1-3H3. The van der Waals surface area contributed by atoms with E-state index in [9.17, 15) is 8.42 Å². The Labute approximate surface area is 109 Å². The van der Waals surface area contributed by atoms with Gasteiger partial charge in [0, 0.05) is 32.9 Å². The second kappa shape index (κ2) is 6.72. The molecule has 1 aromatic rings. The van der Waals surface area contributed by atoms with E-state index in [1.807, 2.05) is 6.92 Å². The molecule has 0 saturated heterocycles. The van der Waals surface area contributed by atoms with Gasteiger partial charge in [-0.15, -0.1) is 0 Å². The molecule has 0 unspecified atom stereocenters. The molecular formula is C12H20N2O3S. The van der Waals surface area contributed by atoms with Crippen molar-refractivity contribution in [3.8, 4) is 0 Å². The fraction of sp³-hybridized carbons (Fsp3) is 0.500. The Hall–Kier alpha value is -1.11. The van der Waals surface area contributed by atoms with E-state index >= 15 is 0 Å². The summed E-state index contributed by atoms with van der Waals surface area (Å²) in [5, 5.41) is 2.95. The Bertz CT molecular complexity index is 457. The highest BCUT2D eigenvalue weighted by atomic mass is 32.2. The summed E-state index contributed by atoms with van der Waals surface area (Å²) in [6, 6.07) is 6.67. The molecule has 0 spiro atoms. The highest BCUT2D eigenvalue weighted by Crippen LogP contribution is 2.16. The first-order valence-corrected chi connectivity index (χ1v) is 7.28. The third-order valence-electron chi connectivity index (χ3n) is 2.61. The molecule has 0 saturated carbocycles. The molecule has 0 atom stereocenters. The third kappa shape index (κ3) is 3.69. The van der Waals surface area contributed by atoms with Crippen LogP contribution in [0, 0.1) is 0 Å². The van der Waals surface area contributed by atoms with Gasteiger partial charge >= 0.3 is 0 Å². The van der Waals surface area contributed by atoms with Gasteiger partial charge in [-0.05, 0) is 31.2 Å². The maximum absolute atomic E-state index is 12.2. The number of benzene rings is 1. The third-order valence-corrected chi connectivity index (χ3v) is 4.48. The summed E-state index contributed by atoms with van der Waals surface area (Å²) in [5.41, 5.74) is 0.880. The normalized spacial score (nSPS) is 11.8. The molecule has 0 aromatic heterocycles. The lowest BCUT2D eigenvalue weighted by Crippen LogP contribution is -2.30. The maximum Gasteiger partial charge on any atom is 0.242 e. The van der Waals surface area contributed by atoms with Crippen LogP contribution in [0.25, 0.3) is 0 Å². The van der Waals surface area contributed by atoms with E-state index in [0.29, 0.717) is 24.7 Å². The monoisotopic (exact) mass is 272 g/mol. The fourth-order valence-electron chi connectivity index (χ4n) is 1.43. The summed E-state index contributed by atoms with van der Waals surface area (Å²) in [6.07, 6.45) is 0. The number of ether oxygens (including phenoxy) is 1. The van der Waals surface area contributed by atoms with Crippen LogP contribution in [0.3, 0.4) is 0 Å². The van der Waals surface area contributed by atoms with E-state index in [-0.39, 0.29) is 0 Å². The predicted molar refractivity (Wildman–Crippen MR) is 72.3 cm³/mol. The molecule has 0 fully saturated rings. The van der Waals surface area contributed by atoms with Gasteiger partial charge in [0.25, 0.3) is 0 Å². The number of sulfonamides is 1. The number of hydrogen-bond donors (Lipinski definition) is 1. The average Bonchev–Trinajstić information content (AvgIpc) is 2.39. The van der Waals surface area contributed by atoms with Crippen LogP contribution in [0.1, 0.15) is 6.92 Å². The van der Waals surface area contributed by atoms with E-state index in [2.05, 4.69) is 5.32 Å². The summed E-state index contributed by atoms with van der Waals surface area (Å²) in [4.78, 5) is 0.292. The molecule has 0 bridgehead atoms. The van der Waals surface area contributed by atoms with E-state index in [4.69, 9.17) is 4.74 Å². The Morgan fingerprint density at radius 1 is 1.28 bits per heavy atom. The zero-order chi connectivity index (χ0) is 13.6. The highest BCUT2D eigenvalue weighted by Gasteiger charge is 2.19. The van der Waals surface area contributed by atoms with Crippen LogP contribution in [0.2, 0.25) is 0 Å². The Morgan fingerprint density at radius 2 is 1.89 bits per heavy atom. The number of hydrogen-bond acceptors (Lipinski definition) is 4. The van der Waals surface area contributed by atoms with Crippen molar-refractivity contribution in [2.75, 3.05) is 39.2 Å². The van der Waals surface area contributed by atoms with Gasteiger partial charge in [-0.25, -0.2) is 8.42 Å². The average molecular weight is 272 g/mol. The minimum Gasteiger partial charge on any atom is -0.388 e. The SMILES string of the molecule is CCOCCN(C)S(=O)(=O)c1ccc(NC)cc1. The molecule has 0 amide bonds. The molecule has 5 nitrogen and oxygen atoms in total. The van der Waals surface area contributed by atoms with E-state index in [1.165, 1.54) is 4.31 Å². The molecule has 1 N–H and O–H groups in total. The lowest BCUT2D eigenvalue weighted by Gasteiger charge is -2.17. The van der Waals surface area contributed by atoms with Gasteiger partial charge in [-0.3, -0.25) is 0 Å². The first-order valence-electron chi connectivity index (χ1n) is 5.84. The van der Waals surface area contributed by atoms with Gasteiger partial charge in [0.2, 0.25) is 10.0 Å². The summed E-state index contributed by atoms with van der Waals surface area (Å²) in [6.45, 7) is 3.22. The molecule has 0 aliphatic heterocycles. The summed E-state index contributed by atoms with van der Waals surface area (Å²) < 4.78 is 30.8. The smallest absolute Gasteiger partial charge is 0.242 e. The fourth-order valence-corrected chi connectivity index (χ4v) is 2.59. The molecule has 1 aromatic carbocycles.